The number of ether oxygens (including phenoxy) is 2. The van der Waals surface area contributed by atoms with Crippen molar-refractivity contribution in [2.24, 2.45) is 0 Å². The first kappa shape index (κ1) is 18.4. The van der Waals surface area contributed by atoms with Gasteiger partial charge in [-0.3, -0.25) is 14.9 Å². The minimum Gasteiger partial charge on any atom is -0.478 e. The molecule has 0 radical (unpaired) electrons. The molecule has 2 heterocycles. The maximum Gasteiger partial charge on any atom is 0.414 e. The van der Waals surface area contributed by atoms with E-state index in [1.54, 1.807) is 12.3 Å². The maximum atomic E-state index is 12.4. The monoisotopic (exact) mass is 363 g/mol. The summed E-state index contributed by atoms with van der Waals surface area (Å²) < 4.78 is 9.92. The molecule has 2 aromatic rings. The number of nitrogens with one attached hydrogen (secondary N) is 2. The zero-order valence-electron chi connectivity index (χ0n) is 13.7. The van der Waals surface area contributed by atoms with Gasteiger partial charge in [-0.05, 0) is 31.4 Å². The lowest BCUT2D eigenvalue weighted by Crippen LogP contribution is -2.31. The molecule has 9 heteroatoms. The fourth-order valence-corrected chi connectivity index (χ4v) is 2.64. The molecule has 2 N–H and O–H groups in total. The van der Waals surface area contributed by atoms with Gasteiger partial charge in [0.2, 0.25) is 5.88 Å². The molecule has 0 saturated carbocycles. The van der Waals surface area contributed by atoms with Crippen LogP contribution in [0, 0.1) is 0 Å². The van der Waals surface area contributed by atoms with E-state index in [4.69, 9.17) is 4.74 Å². The van der Waals surface area contributed by atoms with Crippen molar-refractivity contribution < 1.29 is 23.9 Å². The lowest BCUT2D eigenvalue weighted by molar-refractivity contribution is 0.0926. The van der Waals surface area contributed by atoms with E-state index < -0.39 is 17.9 Å². The number of carbonyl (C=O) groups excluding carboxylic acids is 3. The number of hydrogen-bond donors (Lipinski definition) is 2. The van der Waals surface area contributed by atoms with Crippen LogP contribution in [0.2, 0.25) is 0 Å². The van der Waals surface area contributed by atoms with E-state index in [0.717, 1.165) is 11.3 Å². The number of rotatable bonds is 6. The lowest BCUT2D eigenvalue weighted by atomic mass is 10.2. The predicted molar refractivity (Wildman–Crippen MR) is 92.2 cm³/mol. The Morgan fingerprint density at radius 3 is 2.68 bits per heavy atom. The summed E-state index contributed by atoms with van der Waals surface area (Å²) in [6.07, 6.45) is 0.620. The van der Waals surface area contributed by atoms with Gasteiger partial charge in [0.05, 0.1) is 18.8 Å². The van der Waals surface area contributed by atoms with Gasteiger partial charge in [-0.1, -0.05) is 0 Å². The molecule has 25 heavy (non-hydrogen) atoms. The van der Waals surface area contributed by atoms with E-state index >= 15 is 0 Å². The number of thiophene rings is 1. The normalized spacial score (nSPS) is 10.0. The average Bonchev–Trinajstić information content (AvgIpc) is 3.04. The van der Waals surface area contributed by atoms with Crippen molar-refractivity contribution in [3.8, 4) is 5.88 Å². The van der Waals surface area contributed by atoms with Gasteiger partial charge in [0, 0.05) is 17.8 Å². The quantitative estimate of drug-likeness (QED) is 0.817. The molecule has 0 aliphatic heterocycles. The van der Waals surface area contributed by atoms with Gasteiger partial charge in [0.1, 0.15) is 5.00 Å². The van der Waals surface area contributed by atoms with Crippen molar-refractivity contribution >= 4 is 34.2 Å². The highest BCUT2D eigenvalue weighted by Gasteiger charge is 2.18. The Morgan fingerprint density at radius 2 is 1.96 bits per heavy atom. The van der Waals surface area contributed by atoms with Crippen LogP contribution in [-0.2, 0) is 4.74 Å². The van der Waals surface area contributed by atoms with E-state index in [2.05, 4.69) is 20.4 Å². The van der Waals surface area contributed by atoms with Crippen molar-refractivity contribution in [3.63, 3.8) is 0 Å². The Labute approximate surface area is 148 Å². The van der Waals surface area contributed by atoms with Gasteiger partial charge < -0.3 is 14.8 Å². The van der Waals surface area contributed by atoms with Crippen molar-refractivity contribution in [3.05, 3.63) is 40.9 Å². The number of pyridine rings is 1. The molecular weight excluding hydrogens is 346 g/mol. The number of nitrogens with zero attached hydrogens (tertiary/aromatic N) is 1. The Morgan fingerprint density at radius 1 is 1.16 bits per heavy atom. The number of hydrogen-bond acceptors (Lipinski definition) is 7. The minimum absolute atomic E-state index is 0.149. The molecule has 0 aliphatic carbocycles. The fraction of sp³-hybridized carbons (Fsp3) is 0.250. The molecule has 0 atom stereocenters. The summed E-state index contributed by atoms with van der Waals surface area (Å²) in [6, 6.07) is 4.54. The second-order valence-electron chi connectivity index (χ2n) is 4.61. The molecule has 3 amide bonds. The number of alkyl carbamates (subject to hydrolysis) is 1. The first-order valence-corrected chi connectivity index (χ1v) is 8.38. The first-order chi connectivity index (χ1) is 12.0. The highest BCUT2D eigenvalue weighted by molar-refractivity contribution is 7.14. The third-order valence-corrected chi connectivity index (χ3v) is 3.75. The predicted octanol–water partition coefficient (Wildman–Crippen LogP) is 2.68. The second-order valence-corrected chi connectivity index (χ2v) is 5.52. The van der Waals surface area contributed by atoms with E-state index in [1.807, 2.05) is 6.92 Å². The summed E-state index contributed by atoms with van der Waals surface area (Å²) in [5.74, 6) is -0.739. The van der Waals surface area contributed by atoms with Crippen LogP contribution >= 0.6 is 11.3 Å². The van der Waals surface area contributed by atoms with Gasteiger partial charge >= 0.3 is 6.09 Å². The molecule has 0 aliphatic rings. The number of anilines is 1. The van der Waals surface area contributed by atoms with Crippen molar-refractivity contribution in [2.45, 2.75) is 13.8 Å². The molecular formula is C16H17N3O5S. The Hall–Kier alpha value is -2.94. The summed E-state index contributed by atoms with van der Waals surface area (Å²) in [5, 5.41) is 6.69. The van der Waals surface area contributed by atoms with Gasteiger partial charge in [-0.15, -0.1) is 11.3 Å². The molecule has 2 rings (SSSR count). The molecule has 0 spiro atoms. The smallest absolute Gasteiger partial charge is 0.414 e. The molecule has 0 fully saturated rings. The van der Waals surface area contributed by atoms with Crippen LogP contribution in [0.5, 0.6) is 5.88 Å². The number of aromatic nitrogens is 1. The SMILES string of the molecule is CCOC(=O)NC(=O)c1ccsc1NC(=O)c1ccnc(OCC)c1. The fourth-order valence-electron chi connectivity index (χ4n) is 1.86. The van der Waals surface area contributed by atoms with Crippen molar-refractivity contribution in [2.75, 3.05) is 18.5 Å². The molecule has 2 aromatic heterocycles. The Kier molecular flexibility index (Phi) is 6.47. The number of imide groups is 1. The summed E-state index contributed by atoms with van der Waals surface area (Å²) >= 11 is 1.16. The molecule has 0 aromatic carbocycles. The second kappa shape index (κ2) is 8.78. The first-order valence-electron chi connectivity index (χ1n) is 7.51. The van der Waals surface area contributed by atoms with Crippen LogP contribution in [-0.4, -0.2) is 36.1 Å². The standard InChI is InChI=1S/C16H17N3O5S/c1-3-23-12-9-10(5-7-17-12)13(20)18-15-11(6-8-25-15)14(21)19-16(22)24-4-2/h5-9H,3-4H2,1-2H3,(H,18,20)(H,19,21,22). The zero-order chi connectivity index (χ0) is 18.2. The van der Waals surface area contributed by atoms with Crippen LogP contribution < -0.4 is 15.4 Å². The van der Waals surface area contributed by atoms with E-state index in [-0.39, 0.29) is 12.2 Å². The highest BCUT2D eigenvalue weighted by atomic mass is 32.1. The van der Waals surface area contributed by atoms with Gasteiger partial charge in [0.25, 0.3) is 11.8 Å². The van der Waals surface area contributed by atoms with E-state index in [1.165, 1.54) is 24.4 Å². The van der Waals surface area contributed by atoms with Crippen LogP contribution in [0.1, 0.15) is 34.6 Å². The topological polar surface area (TPSA) is 107 Å². The summed E-state index contributed by atoms with van der Waals surface area (Å²) in [5.41, 5.74) is 0.508. The number of carbonyl (C=O) groups is 3. The molecule has 0 bridgehead atoms. The molecule has 0 saturated heterocycles. The summed E-state index contributed by atoms with van der Waals surface area (Å²) in [4.78, 5) is 39.8. The molecule has 0 unspecified atom stereocenters. The minimum atomic E-state index is -0.841. The largest absolute Gasteiger partial charge is 0.478 e. The Balaban J connectivity index is 2.09. The molecule has 132 valence electrons. The third-order valence-electron chi connectivity index (χ3n) is 2.92. The van der Waals surface area contributed by atoms with E-state index in [9.17, 15) is 14.4 Å². The zero-order valence-corrected chi connectivity index (χ0v) is 14.5. The number of amides is 3. The Bertz CT molecular complexity index is 775. The highest BCUT2D eigenvalue weighted by Crippen LogP contribution is 2.24. The lowest BCUT2D eigenvalue weighted by Gasteiger charge is -2.08. The summed E-state index contributed by atoms with van der Waals surface area (Å²) in [6.45, 7) is 4.03. The third kappa shape index (κ3) is 5.01. The van der Waals surface area contributed by atoms with Crippen LogP contribution in [0.25, 0.3) is 0 Å². The summed E-state index contributed by atoms with van der Waals surface area (Å²) in [7, 11) is 0. The van der Waals surface area contributed by atoms with Gasteiger partial charge in [0.15, 0.2) is 0 Å². The van der Waals surface area contributed by atoms with Crippen molar-refractivity contribution in [1.29, 1.82) is 0 Å². The van der Waals surface area contributed by atoms with Crippen molar-refractivity contribution in [1.82, 2.24) is 10.3 Å². The van der Waals surface area contributed by atoms with Crippen LogP contribution in [0.4, 0.5) is 9.80 Å². The van der Waals surface area contributed by atoms with Gasteiger partial charge in [-0.2, -0.15) is 0 Å². The van der Waals surface area contributed by atoms with Crippen LogP contribution in [0.15, 0.2) is 29.8 Å². The van der Waals surface area contributed by atoms with Gasteiger partial charge in [-0.25, -0.2) is 9.78 Å². The van der Waals surface area contributed by atoms with Crippen LogP contribution in [0.3, 0.4) is 0 Å². The van der Waals surface area contributed by atoms with E-state index in [0.29, 0.717) is 23.1 Å². The molecule has 8 nitrogen and oxygen atoms in total. The average molecular weight is 363 g/mol. The maximum absolute atomic E-state index is 12.4.